The van der Waals surface area contributed by atoms with Gasteiger partial charge in [-0.3, -0.25) is 9.63 Å². The zero-order valence-corrected chi connectivity index (χ0v) is 16.5. The summed E-state index contributed by atoms with van der Waals surface area (Å²) in [5.41, 5.74) is 3.49. The summed E-state index contributed by atoms with van der Waals surface area (Å²) in [5, 5.41) is 13.7. The second kappa shape index (κ2) is 9.21. The number of para-hydroxylation sites is 1. The Morgan fingerprint density at radius 2 is 1.87 bits per heavy atom. The average Bonchev–Trinajstić information content (AvgIpc) is 3.63. The lowest BCUT2D eigenvalue weighted by molar-refractivity contribution is -0.117. The summed E-state index contributed by atoms with van der Waals surface area (Å²) in [6.07, 6.45) is 3.61. The minimum Gasteiger partial charge on any atom is -0.310 e. The maximum absolute atomic E-state index is 12.0. The molecule has 6 nitrogen and oxygen atoms in total. The highest BCUT2D eigenvalue weighted by molar-refractivity contribution is 5.93. The summed E-state index contributed by atoms with van der Waals surface area (Å²) >= 11 is 0. The predicted octanol–water partition coefficient (Wildman–Crippen LogP) is 4.44. The third-order valence-corrected chi connectivity index (χ3v) is 4.86. The molecular formula is C24H22N4O2. The van der Waals surface area contributed by atoms with E-state index < -0.39 is 0 Å². The Bertz CT molecular complexity index is 1040. The minimum absolute atomic E-state index is 0.0385. The summed E-state index contributed by atoms with van der Waals surface area (Å²) < 4.78 is 0. The number of benzene rings is 2. The number of nitrogens with one attached hydrogen (secondary N) is 1. The maximum Gasteiger partial charge on any atom is 0.228 e. The lowest BCUT2D eigenvalue weighted by Crippen LogP contribution is -2.23. The molecule has 1 aromatic heterocycles. The van der Waals surface area contributed by atoms with Crippen molar-refractivity contribution in [2.24, 2.45) is 5.92 Å². The van der Waals surface area contributed by atoms with Crippen LogP contribution in [0.5, 0.6) is 0 Å². The van der Waals surface area contributed by atoms with Crippen LogP contribution in [-0.4, -0.2) is 10.9 Å². The molecule has 30 heavy (non-hydrogen) atoms. The molecule has 1 heterocycles. The Morgan fingerprint density at radius 1 is 1.10 bits per heavy atom. The fourth-order valence-electron chi connectivity index (χ4n) is 3.01. The van der Waals surface area contributed by atoms with E-state index in [-0.39, 0.29) is 11.8 Å². The van der Waals surface area contributed by atoms with Crippen molar-refractivity contribution in [1.82, 2.24) is 4.98 Å². The van der Waals surface area contributed by atoms with Gasteiger partial charge >= 0.3 is 0 Å². The monoisotopic (exact) mass is 398 g/mol. The quantitative estimate of drug-likeness (QED) is 0.568. The largest absolute Gasteiger partial charge is 0.310 e. The van der Waals surface area contributed by atoms with Crippen LogP contribution in [0, 0.1) is 17.2 Å². The van der Waals surface area contributed by atoms with Crippen LogP contribution in [-0.2, 0) is 22.8 Å². The van der Waals surface area contributed by atoms with Gasteiger partial charge in [0.15, 0.2) is 0 Å². The molecule has 3 aromatic rings. The van der Waals surface area contributed by atoms with Crippen LogP contribution in [0.3, 0.4) is 0 Å². The first kappa shape index (κ1) is 19.6. The van der Waals surface area contributed by atoms with E-state index in [4.69, 9.17) is 10.1 Å². The summed E-state index contributed by atoms with van der Waals surface area (Å²) in [4.78, 5) is 22.4. The Hall–Kier alpha value is -3.69. The van der Waals surface area contributed by atoms with Crippen molar-refractivity contribution in [3.63, 3.8) is 0 Å². The van der Waals surface area contributed by atoms with E-state index in [0.717, 1.165) is 29.7 Å². The van der Waals surface area contributed by atoms with Crippen LogP contribution in [0.4, 0.5) is 11.5 Å². The van der Waals surface area contributed by atoms with Crippen molar-refractivity contribution >= 4 is 17.4 Å². The van der Waals surface area contributed by atoms with Gasteiger partial charge in [0, 0.05) is 12.1 Å². The van der Waals surface area contributed by atoms with Gasteiger partial charge in [0.05, 0.1) is 30.5 Å². The van der Waals surface area contributed by atoms with Crippen molar-refractivity contribution in [3.05, 3.63) is 89.6 Å². The molecule has 0 spiro atoms. The molecule has 1 N–H and O–H groups in total. The lowest BCUT2D eigenvalue weighted by atomic mass is 10.2. The van der Waals surface area contributed by atoms with Gasteiger partial charge in [-0.1, -0.05) is 30.3 Å². The molecule has 0 radical (unpaired) electrons. The van der Waals surface area contributed by atoms with Gasteiger partial charge in [-0.15, -0.1) is 0 Å². The normalized spacial score (nSPS) is 12.8. The Morgan fingerprint density at radius 3 is 2.57 bits per heavy atom. The number of carbonyl (C=O) groups excluding carboxylic acids is 1. The fourth-order valence-corrected chi connectivity index (χ4v) is 3.01. The van der Waals surface area contributed by atoms with Crippen LogP contribution in [0.2, 0.25) is 0 Å². The molecule has 1 saturated carbocycles. The lowest BCUT2D eigenvalue weighted by Gasteiger charge is -2.24. The molecule has 1 aliphatic carbocycles. The van der Waals surface area contributed by atoms with Crippen molar-refractivity contribution in [3.8, 4) is 6.07 Å². The van der Waals surface area contributed by atoms with E-state index in [0.29, 0.717) is 24.5 Å². The first-order valence-corrected chi connectivity index (χ1v) is 9.91. The minimum atomic E-state index is 0.0385. The summed E-state index contributed by atoms with van der Waals surface area (Å²) in [6.45, 7) is 0.867. The van der Waals surface area contributed by atoms with Crippen molar-refractivity contribution < 1.29 is 9.63 Å². The molecule has 1 amide bonds. The Labute approximate surface area is 175 Å². The first-order valence-electron chi connectivity index (χ1n) is 9.91. The second-order valence-electron chi connectivity index (χ2n) is 7.27. The van der Waals surface area contributed by atoms with Gasteiger partial charge in [-0.25, -0.2) is 10.0 Å². The van der Waals surface area contributed by atoms with E-state index in [1.54, 1.807) is 18.3 Å². The molecule has 0 atom stereocenters. The molecule has 0 saturated heterocycles. The van der Waals surface area contributed by atoms with Gasteiger partial charge in [-0.05, 0) is 60.4 Å². The van der Waals surface area contributed by atoms with E-state index in [9.17, 15) is 4.79 Å². The smallest absolute Gasteiger partial charge is 0.228 e. The summed E-state index contributed by atoms with van der Waals surface area (Å²) in [7, 11) is 0. The van der Waals surface area contributed by atoms with E-state index in [2.05, 4.69) is 16.4 Å². The van der Waals surface area contributed by atoms with Gasteiger partial charge in [0.25, 0.3) is 0 Å². The molecule has 2 aromatic carbocycles. The number of amides is 1. The highest BCUT2D eigenvalue weighted by atomic mass is 16.7. The third kappa shape index (κ3) is 5.22. The number of nitriles is 1. The standard InChI is InChI=1S/C24H22N4O2/c25-15-18-6-8-19(9-7-18)17-30-28(22-4-2-1-3-5-22)16-20-12-13-26-23(14-20)27-24(29)21-10-11-21/h1-9,12-14,21H,10-11,16-17H2,(H,26,27,29). The SMILES string of the molecule is N#Cc1ccc(CON(Cc2ccnc(NC(=O)C3CC3)c2)c2ccccc2)cc1. The molecule has 6 heteroatoms. The van der Waals surface area contributed by atoms with Crippen molar-refractivity contribution in [2.75, 3.05) is 10.4 Å². The summed E-state index contributed by atoms with van der Waals surface area (Å²) in [6, 6.07) is 23.1. The topological polar surface area (TPSA) is 78.2 Å². The van der Waals surface area contributed by atoms with Crippen LogP contribution in [0.25, 0.3) is 0 Å². The van der Waals surface area contributed by atoms with Crippen molar-refractivity contribution in [2.45, 2.75) is 26.0 Å². The molecule has 1 fully saturated rings. The Kier molecular flexibility index (Phi) is 6.02. The van der Waals surface area contributed by atoms with Gasteiger partial charge in [0.2, 0.25) is 5.91 Å². The highest BCUT2D eigenvalue weighted by Gasteiger charge is 2.29. The zero-order chi connectivity index (χ0) is 20.8. The maximum atomic E-state index is 12.0. The number of carbonyl (C=O) groups is 1. The molecule has 0 bridgehead atoms. The average molecular weight is 398 g/mol. The zero-order valence-electron chi connectivity index (χ0n) is 16.5. The fraction of sp³-hybridized carbons (Fsp3) is 0.208. The number of hydroxylamine groups is 1. The van der Waals surface area contributed by atoms with E-state index >= 15 is 0 Å². The van der Waals surface area contributed by atoms with Crippen LogP contribution in [0.1, 0.15) is 29.5 Å². The van der Waals surface area contributed by atoms with Gasteiger partial charge < -0.3 is 5.32 Å². The molecule has 150 valence electrons. The molecule has 0 aliphatic heterocycles. The van der Waals surface area contributed by atoms with E-state index in [1.165, 1.54) is 0 Å². The molecule has 0 unspecified atom stereocenters. The van der Waals surface area contributed by atoms with Gasteiger partial charge in [0.1, 0.15) is 5.82 Å². The number of anilines is 2. The first-order chi connectivity index (χ1) is 14.7. The number of rotatable bonds is 8. The molecule has 4 rings (SSSR count). The number of hydrogen-bond acceptors (Lipinski definition) is 5. The van der Waals surface area contributed by atoms with Crippen molar-refractivity contribution in [1.29, 1.82) is 5.26 Å². The highest BCUT2D eigenvalue weighted by Crippen LogP contribution is 2.30. The second-order valence-corrected chi connectivity index (χ2v) is 7.27. The van der Waals surface area contributed by atoms with Crippen LogP contribution >= 0.6 is 0 Å². The summed E-state index contributed by atoms with van der Waals surface area (Å²) in [5.74, 6) is 0.730. The number of nitrogens with zero attached hydrogens (tertiary/aromatic N) is 3. The van der Waals surface area contributed by atoms with Gasteiger partial charge in [-0.2, -0.15) is 5.26 Å². The number of pyridine rings is 1. The predicted molar refractivity (Wildman–Crippen MR) is 114 cm³/mol. The number of aromatic nitrogens is 1. The number of hydrogen-bond donors (Lipinski definition) is 1. The van der Waals surface area contributed by atoms with E-state index in [1.807, 2.05) is 59.7 Å². The molecule has 1 aliphatic rings. The molecular weight excluding hydrogens is 376 g/mol. The van der Waals surface area contributed by atoms with Crippen LogP contribution < -0.4 is 10.4 Å². The van der Waals surface area contributed by atoms with Crippen LogP contribution in [0.15, 0.2) is 72.9 Å². The third-order valence-electron chi connectivity index (χ3n) is 4.86. The Balaban J connectivity index is 1.47.